The zero-order chi connectivity index (χ0) is 15.2. The maximum Gasteiger partial charge on any atom is 0.330 e. The molecule has 0 aromatic heterocycles. The van der Waals surface area contributed by atoms with E-state index < -0.39 is 5.60 Å². The molecule has 1 aliphatic carbocycles. The Bertz CT molecular complexity index is 389. The topological polar surface area (TPSA) is 35.5 Å². The number of carbonyl (C=O) groups excluding carboxylic acids is 1. The summed E-state index contributed by atoms with van der Waals surface area (Å²) in [6.45, 7) is 11.2. The molecule has 114 valence electrons. The number of hydrogen-bond donors (Lipinski definition) is 0. The summed E-state index contributed by atoms with van der Waals surface area (Å²) in [6.07, 6.45) is 8.83. The van der Waals surface area contributed by atoms with E-state index in [0.717, 1.165) is 6.42 Å². The summed E-state index contributed by atoms with van der Waals surface area (Å²) in [5.74, 6) is -0.315. The van der Waals surface area contributed by atoms with Crippen LogP contribution in [0.5, 0.6) is 0 Å². The van der Waals surface area contributed by atoms with Crippen molar-refractivity contribution in [2.45, 2.75) is 59.5 Å². The highest BCUT2D eigenvalue weighted by Gasteiger charge is 2.24. The van der Waals surface area contributed by atoms with E-state index in [0.29, 0.717) is 12.0 Å². The van der Waals surface area contributed by atoms with Crippen molar-refractivity contribution < 1.29 is 14.3 Å². The molecule has 3 heteroatoms. The normalized spacial score (nSPS) is 18.4. The van der Waals surface area contributed by atoms with E-state index in [1.807, 2.05) is 13.8 Å². The summed E-state index contributed by atoms with van der Waals surface area (Å²) < 4.78 is 11.0. The monoisotopic (exact) mass is 280 g/mol. The molecule has 0 amide bonds. The van der Waals surface area contributed by atoms with Gasteiger partial charge in [0.25, 0.3) is 0 Å². The predicted octanol–water partition coefficient (Wildman–Crippen LogP) is 4.04. The molecule has 0 N–H and O–H groups in total. The van der Waals surface area contributed by atoms with Crippen LogP contribution in [0.25, 0.3) is 0 Å². The minimum absolute atomic E-state index is 0.278. The number of hydrogen-bond acceptors (Lipinski definition) is 3. The van der Waals surface area contributed by atoms with Gasteiger partial charge in [-0.25, -0.2) is 4.79 Å². The minimum Gasteiger partial charge on any atom is -0.459 e. The summed E-state index contributed by atoms with van der Waals surface area (Å²) in [5, 5.41) is 0. The Morgan fingerprint density at radius 2 is 2.15 bits per heavy atom. The summed E-state index contributed by atoms with van der Waals surface area (Å²) in [6, 6.07) is 0. The molecule has 1 rings (SSSR count). The molecule has 1 aliphatic rings. The zero-order valence-electron chi connectivity index (χ0n) is 13.5. The molecule has 0 spiro atoms. The van der Waals surface area contributed by atoms with Crippen molar-refractivity contribution in [3.63, 3.8) is 0 Å². The van der Waals surface area contributed by atoms with E-state index in [2.05, 4.69) is 19.9 Å². The van der Waals surface area contributed by atoms with Crippen molar-refractivity contribution in [2.24, 2.45) is 5.41 Å². The van der Waals surface area contributed by atoms with Crippen LogP contribution >= 0.6 is 0 Å². The fraction of sp³-hybridized carbons (Fsp3) is 0.706. The third-order valence-electron chi connectivity index (χ3n) is 3.47. The Hall–Kier alpha value is -1.09. The summed E-state index contributed by atoms with van der Waals surface area (Å²) in [7, 11) is 0. The number of carbonyl (C=O) groups is 1. The number of ether oxygens (including phenoxy) is 2. The van der Waals surface area contributed by atoms with E-state index in [1.165, 1.54) is 24.5 Å². The van der Waals surface area contributed by atoms with Crippen LogP contribution in [-0.2, 0) is 14.3 Å². The Labute approximate surface area is 123 Å². The van der Waals surface area contributed by atoms with Gasteiger partial charge in [-0.2, -0.15) is 0 Å². The Kier molecular flexibility index (Phi) is 6.00. The van der Waals surface area contributed by atoms with Crippen LogP contribution < -0.4 is 0 Å². The first-order valence-electron chi connectivity index (χ1n) is 7.38. The highest BCUT2D eigenvalue weighted by Crippen LogP contribution is 2.36. The van der Waals surface area contributed by atoms with Crippen molar-refractivity contribution in [3.8, 4) is 0 Å². The fourth-order valence-corrected chi connectivity index (χ4v) is 2.31. The summed E-state index contributed by atoms with van der Waals surface area (Å²) in [4.78, 5) is 11.3. The largest absolute Gasteiger partial charge is 0.459 e. The molecule has 0 aliphatic heterocycles. The Balaban J connectivity index is 2.28. The second kappa shape index (κ2) is 7.07. The number of allylic oxidation sites excluding steroid dienone is 2. The predicted molar refractivity (Wildman–Crippen MR) is 81.5 cm³/mol. The lowest BCUT2D eigenvalue weighted by molar-refractivity contribution is -0.147. The van der Waals surface area contributed by atoms with Crippen LogP contribution in [0.3, 0.4) is 0 Å². The van der Waals surface area contributed by atoms with Crippen LogP contribution in [0.15, 0.2) is 23.8 Å². The van der Waals surface area contributed by atoms with Gasteiger partial charge in [0.2, 0.25) is 0 Å². The van der Waals surface area contributed by atoms with Gasteiger partial charge < -0.3 is 9.47 Å². The Morgan fingerprint density at radius 1 is 1.45 bits per heavy atom. The lowest BCUT2D eigenvalue weighted by Gasteiger charge is -2.24. The van der Waals surface area contributed by atoms with Crippen LogP contribution in [0, 0.1) is 5.41 Å². The van der Waals surface area contributed by atoms with Gasteiger partial charge in [0.1, 0.15) is 6.61 Å². The van der Waals surface area contributed by atoms with E-state index in [9.17, 15) is 4.79 Å². The van der Waals surface area contributed by atoms with E-state index in [4.69, 9.17) is 9.47 Å². The molecule has 0 unspecified atom stereocenters. The molecule has 0 radical (unpaired) electrons. The molecule has 0 aromatic carbocycles. The van der Waals surface area contributed by atoms with Gasteiger partial charge in [0.15, 0.2) is 0 Å². The van der Waals surface area contributed by atoms with Gasteiger partial charge in [-0.3, -0.25) is 0 Å². The van der Waals surface area contributed by atoms with Crippen LogP contribution in [0.1, 0.15) is 53.9 Å². The first kappa shape index (κ1) is 17.0. The van der Waals surface area contributed by atoms with E-state index in [1.54, 1.807) is 13.0 Å². The first-order chi connectivity index (χ1) is 9.24. The average molecular weight is 280 g/mol. The highest BCUT2D eigenvalue weighted by molar-refractivity contribution is 5.81. The van der Waals surface area contributed by atoms with E-state index >= 15 is 0 Å². The summed E-state index contributed by atoms with van der Waals surface area (Å²) in [5.41, 5.74) is 1.38. The van der Waals surface area contributed by atoms with Crippen LogP contribution in [-0.4, -0.2) is 24.8 Å². The van der Waals surface area contributed by atoms with Crippen molar-refractivity contribution in [1.29, 1.82) is 0 Å². The highest BCUT2D eigenvalue weighted by atomic mass is 16.6. The molecule has 0 saturated carbocycles. The molecule has 0 aromatic rings. The second-order valence-corrected chi connectivity index (χ2v) is 6.76. The average Bonchev–Trinajstić information content (AvgIpc) is 2.67. The van der Waals surface area contributed by atoms with Gasteiger partial charge >= 0.3 is 5.97 Å². The van der Waals surface area contributed by atoms with Gasteiger partial charge in [0.05, 0.1) is 12.2 Å². The standard InChI is InChI=1S/C17H28O3/c1-6-7-15(18)19-13-17(4,5)20-11-9-14-8-10-16(2,3)12-14/h6-7,12H,8-11,13H2,1-5H3. The van der Waals surface area contributed by atoms with Gasteiger partial charge in [-0.15, -0.1) is 0 Å². The number of esters is 1. The van der Waals surface area contributed by atoms with Crippen molar-refractivity contribution in [1.82, 2.24) is 0 Å². The summed E-state index contributed by atoms with van der Waals surface area (Å²) >= 11 is 0. The molecule has 0 atom stereocenters. The quantitative estimate of drug-likeness (QED) is 0.401. The zero-order valence-corrected chi connectivity index (χ0v) is 13.5. The SMILES string of the molecule is CC=CC(=O)OCC(C)(C)OCCC1=CC(C)(C)CC1. The lowest BCUT2D eigenvalue weighted by atomic mass is 9.94. The second-order valence-electron chi connectivity index (χ2n) is 6.76. The first-order valence-corrected chi connectivity index (χ1v) is 7.38. The van der Waals surface area contributed by atoms with Crippen LogP contribution in [0.4, 0.5) is 0 Å². The van der Waals surface area contributed by atoms with Gasteiger partial charge in [-0.05, 0) is 45.4 Å². The number of rotatable bonds is 7. The smallest absolute Gasteiger partial charge is 0.330 e. The lowest BCUT2D eigenvalue weighted by Crippen LogP contribution is -2.32. The molecule has 3 nitrogen and oxygen atoms in total. The molecular weight excluding hydrogens is 252 g/mol. The molecule has 20 heavy (non-hydrogen) atoms. The van der Waals surface area contributed by atoms with Gasteiger partial charge in [-0.1, -0.05) is 31.6 Å². The molecule has 0 heterocycles. The maximum atomic E-state index is 11.3. The molecule has 0 fully saturated rings. The van der Waals surface area contributed by atoms with E-state index in [-0.39, 0.29) is 12.6 Å². The fourth-order valence-electron chi connectivity index (χ4n) is 2.31. The Morgan fingerprint density at radius 3 is 2.70 bits per heavy atom. The van der Waals surface area contributed by atoms with Crippen molar-refractivity contribution >= 4 is 5.97 Å². The third-order valence-corrected chi connectivity index (χ3v) is 3.47. The van der Waals surface area contributed by atoms with Gasteiger partial charge in [0, 0.05) is 6.08 Å². The molecule has 0 saturated heterocycles. The van der Waals surface area contributed by atoms with Crippen molar-refractivity contribution in [3.05, 3.63) is 23.8 Å². The molecule has 0 bridgehead atoms. The molecular formula is C17H28O3. The van der Waals surface area contributed by atoms with Crippen LogP contribution in [0.2, 0.25) is 0 Å². The van der Waals surface area contributed by atoms with Crippen molar-refractivity contribution in [2.75, 3.05) is 13.2 Å². The minimum atomic E-state index is -0.439. The maximum absolute atomic E-state index is 11.3. The third kappa shape index (κ3) is 6.38.